The molecule has 0 aromatic heterocycles. The van der Waals surface area contributed by atoms with Crippen LogP contribution in [0.2, 0.25) is 0 Å². The van der Waals surface area contributed by atoms with Crippen molar-refractivity contribution in [2.24, 2.45) is 5.73 Å². The minimum absolute atomic E-state index is 0.00463. The summed E-state index contributed by atoms with van der Waals surface area (Å²) < 4.78 is 10.9. The van der Waals surface area contributed by atoms with Gasteiger partial charge < -0.3 is 15.2 Å². The first-order chi connectivity index (χ1) is 6.97. The van der Waals surface area contributed by atoms with Crippen molar-refractivity contribution < 1.29 is 14.3 Å². The van der Waals surface area contributed by atoms with Crippen molar-refractivity contribution in [2.75, 3.05) is 0 Å². The Morgan fingerprint density at radius 2 is 2.00 bits per heavy atom. The van der Waals surface area contributed by atoms with E-state index in [1.807, 2.05) is 13.8 Å². The third-order valence-electron chi connectivity index (χ3n) is 2.44. The minimum Gasteiger partial charge on any atom is -0.462 e. The maximum atomic E-state index is 11.4. The highest BCUT2D eigenvalue weighted by Gasteiger charge is 2.27. The highest BCUT2D eigenvalue weighted by molar-refractivity contribution is 5.70. The van der Waals surface area contributed by atoms with E-state index in [0.29, 0.717) is 6.42 Å². The molecule has 1 saturated heterocycles. The van der Waals surface area contributed by atoms with Crippen LogP contribution < -0.4 is 5.73 Å². The van der Waals surface area contributed by atoms with Gasteiger partial charge in [-0.3, -0.25) is 4.79 Å². The van der Waals surface area contributed by atoms with Gasteiger partial charge in [-0.05, 0) is 20.8 Å². The second-order valence-electron chi connectivity index (χ2n) is 4.52. The molecular formula is C11H21NO3. The molecule has 0 saturated carbocycles. The fraction of sp³-hybridized carbons (Fsp3) is 0.909. The summed E-state index contributed by atoms with van der Waals surface area (Å²) in [4.78, 5) is 11.4. The Balaban J connectivity index is 2.34. The molecule has 2 N–H and O–H groups in total. The Morgan fingerprint density at radius 3 is 2.47 bits per heavy atom. The molecule has 0 radical (unpaired) electrons. The molecule has 88 valence electrons. The Kier molecular flexibility index (Phi) is 4.54. The van der Waals surface area contributed by atoms with Crippen LogP contribution in [0.25, 0.3) is 0 Å². The van der Waals surface area contributed by atoms with E-state index in [2.05, 4.69) is 0 Å². The molecule has 0 bridgehead atoms. The van der Waals surface area contributed by atoms with E-state index in [1.165, 1.54) is 0 Å². The van der Waals surface area contributed by atoms with Crippen LogP contribution in [-0.4, -0.2) is 30.3 Å². The number of rotatable bonds is 3. The Morgan fingerprint density at radius 1 is 1.47 bits per heavy atom. The predicted molar refractivity (Wildman–Crippen MR) is 57.4 cm³/mol. The number of ether oxygens (including phenoxy) is 2. The maximum Gasteiger partial charge on any atom is 0.307 e. The molecule has 1 fully saturated rings. The zero-order valence-corrected chi connectivity index (χ0v) is 9.73. The van der Waals surface area contributed by atoms with Crippen molar-refractivity contribution in [3.8, 4) is 0 Å². The van der Waals surface area contributed by atoms with Gasteiger partial charge in [-0.2, -0.15) is 0 Å². The van der Waals surface area contributed by atoms with Crippen molar-refractivity contribution in [1.82, 2.24) is 0 Å². The fourth-order valence-corrected chi connectivity index (χ4v) is 1.94. The van der Waals surface area contributed by atoms with Crippen LogP contribution in [-0.2, 0) is 14.3 Å². The highest BCUT2D eigenvalue weighted by Crippen LogP contribution is 2.21. The second-order valence-corrected chi connectivity index (χ2v) is 4.52. The predicted octanol–water partition coefficient (Wildman–Crippen LogP) is 1.22. The van der Waals surface area contributed by atoms with Crippen LogP contribution in [0.5, 0.6) is 0 Å². The van der Waals surface area contributed by atoms with Crippen molar-refractivity contribution in [3.05, 3.63) is 0 Å². The first kappa shape index (κ1) is 12.5. The molecule has 0 aliphatic carbocycles. The molecule has 3 unspecified atom stereocenters. The van der Waals surface area contributed by atoms with Gasteiger partial charge in [0, 0.05) is 18.9 Å². The average molecular weight is 215 g/mol. The maximum absolute atomic E-state index is 11.4. The lowest BCUT2D eigenvalue weighted by molar-refractivity contribution is -0.159. The molecule has 4 heteroatoms. The lowest BCUT2D eigenvalue weighted by Gasteiger charge is -2.31. The summed E-state index contributed by atoms with van der Waals surface area (Å²) in [5.74, 6) is -0.198. The number of hydrogen-bond donors (Lipinski definition) is 1. The molecule has 1 aliphatic rings. The summed E-state index contributed by atoms with van der Waals surface area (Å²) in [5, 5.41) is 0. The fourth-order valence-electron chi connectivity index (χ4n) is 1.94. The highest BCUT2D eigenvalue weighted by atomic mass is 16.6. The molecule has 3 atom stereocenters. The number of carbonyl (C=O) groups excluding carboxylic acids is 1. The van der Waals surface area contributed by atoms with Gasteiger partial charge >= 0.3 is 5.97 Å². The summed E-state index contributed by atoms with van der Waals surface area (Å²) in [6.07, 6.45) is 2.20. The lowest BCUT2D eigenvalue weighted by Crippen LogP contribution is -2.36. The third kappa shape index (κ3) is 4.62. The molecule has 1 aliphatic heterocycles. The topological polar surface area (TPSA) is 61.6 Å². The van der Waals surface area contributed by atoms with E-state index in [4.69, 9.17) is 15.2 Å². The van der Waals surface area contributed by atoms with Gasteiger partial charge in [-0.25, -0.2) is 0 Å². The zero-order valence-electron chi connectivity index (χ0n) is 9.73. The average Bonchev–Trinajstić information content (AvgIpc) is 1.98. The standard InChI is InChI=1S/C11H21NO3/c1-7(12)4-11(13)15-10-5-8(2)14-9(3)6-10/h7-10H,4-6,12H2,1-3H3. The first-order valence-electron chi connectivity index (χ1n) is 5.58. The van der Waals surface area contributed by atoms with Gasteiger partial charge in [0.25, 0.3) is 0 Å². The monoisotopic (exact) mass is 215 g/mol. The van der Waals surface area contributed by atoms with Crippen LogP contribution in [0, 0.1) is 0 Å². The molecule has 0 amide bonds. The van der Waals surface area contributed by atoms with E-state index >= 15 is 0 Å². The first-order valence-corrected chi connectivity index (χ1v) is 5.58. The molecule has 0 aromatic carbocycles. The van der Waals surface area contributed by atoms with Gasteiger partial charge in [-0.1, -0.05) is 0 Å². The van der Waals surface area contributed by atoms with Crippen LogP contribution in [0.4, 0.5) is 0 Å². The van der Waals surface area contributed by atoms with E-state index in [0.717, 1.165) is 12.8 Å². The Hall–Kier alpha value is -0.610. The van der Waals surface area contributed by atoms with Crippen LogP contribution >= 0.6 is 0 Å². The van der Waals surface area contributed by atoms with Crippen LogP contribution in [0.3, 0.4) is 0 Å². The van der Waals surface area contributed by atoms with Crippen molar-refractivity contribution >= 4 is 5.97 Å². The van der Waals surface area contributed by atoms with Crippen LogP contribution in [0.15, 0.2) is 0 Å². The molecule has 1 rings (SSSR count). The largest absolute Gasteiger partial charge is 0.462 e. The van der Waals surface area contributed by atoms with Crippen molar-refractivity contribution in [3.63, 3.8) is 0 Å². The van der Waals surface area contributed by atoms with Gasteiger partial charge in [0.05, 0.1) is 18.6 Å². The molecule has 0 spiro atoms. The molecule has 1 heterocycles. The van der Waals surface area contributed by atoms with Crippen molar-refractivity contribution in [2.45, 2.75) is 64.4 Å². The minimum atomic E-state index is -0.198. The number of hydrogen-bond acceptors (Lipinski definition) is 4. The summed E-state index contributed by atoms with van der Waals surface area (Å²) in [7, 11) is 0. The second kappa shape index (κ2) is 5.47. The molecular weight excluding hydrogens is 194 g/mol. The van der Waals surface area contributed by atoms with Gasteiger partial charge in [0.15, 0.2) is 0 Å². The normalized spacial score (nSPS) is 33.5. The van der Waals surface area contributed by atoms with E-state index in [-0.39, 0.29) is 30.3 Å². The number of esters is 1. The zero-order chi connectivity index (χ0) is 11.4. The van der Waals surface area contributed by atoms with Gasteiger partial charge in [-0.15, -0.1) is 0 Å². The molecule has 15 heavy (non-hydrogen) atoms. The van der Waals surface area contributed by atoms with E-state index in [9.17, 15) is 4.79 Å². The quantitative estimate of drug-likeness (QED) is 0.719. The third-order valence-corrected chi connectivity index (χ3v) is 2.44. The summed E-state index contributed by atoms with van der Waals surface area (Å²) in [5.41, 5.74) is 5.53. The molecule has 4 nitrogen and oxygen atoms in total. The van der Waals surface area contributed by atoms with Gasteiger partial charge in [0.2, 0.25) is 0 Å². The summed E-state index contributed by atoms with van der Waals surface area (Å²) in [6.45, 7) is 5.81. The SMILES string of the molecule is CC(N)CC(=O)OC1CC(C)OC(C)C1. The van der Waals surface area contributed by atoms with Crippen LogP contribution in [0.1, 0.15) is 40.0 Å². The molecule has 0 aromatic rings. The summed E-state index contributed by atoms with van der Waals surface area (Å²) in [6, 6.07) is -0.132. The smallest absolute Gasteiger partial charge is 0.307 e. The Bertz CT molecular complexity index is 208. The van der Waals surface area contributed by atoms with Crippen molar-refractivity contribution in [1.29, 1.82) is 0 Å². The number of carbonyl (C=O) groups is 1. The lowest BCUT2D eigenvalue weighted by atomic mass is 10.0. The summed E-state index contributed by atoms with van der Waals surface area (Å²) >= 11 is 0. The van der Waals surface area contributed by atoms with E-state index < -0.39 is 0 Å². The van der Waals surface area contributed by atoms with E-state index in [1.54, 1.807) is 6.92 Å². The number of nitrogens with two attached hydrogens (primary N) is 1. The Labute approximate surface area is 91.1 Å². The van der Waals surface area contributed by atoms with Gasteiger partial charge in [0.1, 0.15) is 6.10 Å².